The van der Waals surface area contributed by atoms with E-state index in [0.29, 0.717) is 19.3 Å². The Morgan fingerprint density at radius 1 is 0.356 bits per heavy atom. The molecule has 6 heteroatoms. The SMILES string of the molecule is CC/C=C\C/C=C\C/C=C\C/C=C\CCCCCCCCCCCCCCC(=O)OCC(COC(=O)CCCCCCCC)OC(=O)CCCCCCC/C=C\CCC. The molecule has 0 aromatic rings. The van der Waals surface area contributed by atoms with Crippen LogP contribution in [0.1, 0.15) is 239 Å². The van der Waals surface area contributed by atoms with Crippen LogP contribution in [0.5, 0.6) is 0 Å². The molecule has 0 aromatic heterocycles. The molecular formula is C53H92O6. The van der Waals surface area contributed by atoms with E-state index in [1.54, 1.807) is 0 Å². The molecule has 0 aromatic carbocycles. The quantitative estimate of drug-likeness (QED) is 0.0263. The summed E-state index contributed by atoms with van der Waals surface area (Å²) >= 11 is 0. The van der Waals surface area contributed by atoms with Crippen LogP contribution >= 0.6 is 0 Å². The summed E-state index contributed by atoms with van der Waals surface area (Å²) in [6.45, 7) is 6.39. The lowest BCUT2D eigenvalue weighted by Crippen LogP contribution is -2.30. The minimum absolute atomic E-state index is 0.0775. The highest BCUT2D eigenvalue weighted by atomic mass is 16.6. The Hall–Kier alpha value is -2.89. The highest BCUT2D eigenvalue weighted by Crippen LogP contribution is 2.15. The number of rotatable bonds is 44. The number of allylic oxidation sites excluding steroid dienone is 10. The van der Waals surface area contributed by atoms with Gasteiger partial charge in [-0.25, -0.2) is 0 Å². The van der Waals surface area contributed by atoms with E-state index in [4.69, 9.17) is 14.2 Å². The molecule has 1 atom stereocenters. The predicted molar refractivity (Wildman–Crippen MR) is 251 cm³/mol. The van der Waals surface area contributed by atoms with Gasteiger partial charge in [-0.15, -0.1) is 0 Å². The number of carbonyl (C=O) groups excluding carboxylic acids is 3. The third-order valence-electron chi connectivity index (χ3n) is 10.5. The van der Waals surface area contributed by atoms with Crippen LogP contribution in [0, 0.1) is 0 Å². The van der Waals surface area contributed by atoms with Gasteiger partial charge in [0.1, 0.15) is 13.2 Å². The summed E-state index contributed by atoms with van der Waals surface area (Å²) in [4.78, 5) is 37.6. The first kappa shape index (κ1) is 56.1. The average molecular weight is 825 g/mol. The summed E-state index contributed by atoms with van der Waals surface area (Å²) in [7, 11) is 0. The summed E-state index contributed by atoms with van der Waals surface area (Å²) < 4.78 is 16.6. The molecule has 0 aliphatic rings. The molecule has 0 rings (SSSR count). The van der Waals surface area contributed by atoms with Crippen LogP contribution in [0.2, 0.25) is 0 Å². The summed E-state index contributed by atoms with van der Waals surface area (Å²) in [5, 5.41) is 0. The van der Waals surface area contributed by atoms with Crippen molar-refractivity contribution in [3.63, 3.8) is 0 Å². The van der Waals surface area contributed by atoms with Gasteiger partial charge in [0, 0.05) is 19.3 Å². The minimum atomic E-state index is -0.772. The maximum Gasteiger partial charge on any atom is 0.306 e. The monoisotopic (exact) mass is 825 g/mol. The molecule has 0 spiro atoms. The van der Waals surface area contributed by atoms with Crippen molar-refractivity contribution in [3.05, 3.63) is 60.8 Å². The van der Waals surface area contributed by atoms with Crippen molar-refractivity contribution in [2.75, 3.05) is 13.2 Å². The van der Waals surface area contributed by atoms with Crippen molar-refractivity contribution in [1.82, 2.24) is 0 Å². The number of hydrogen-bond acceptors (Lipinski definition) is 6. The van der Waals surface area contributed by atoms with Gasteiger partial charge in [0.2, 0.25) is 0 Å². The largest absolute Gasteiger partial charge is 0.462 e. The van der Waals surface area contributed by atoms with E-state index in [1.165, 1.54) is 96.3 Å². The highest BCUT2D eigenvalue weighted by molar-refractivity contribution is 5.71. The molecule has 340 valence electrons. The average Bonchev–Trinajstić information content (AvgIpc) is 3.23. The van der Waals surface area contributed by atoms with Gasteiger partial charge in [0.15, 0.2) is 6.10 Å². The van der Waals surface area contributed by atoms with Crippen molar-refractivity contribution < 1.29 is 28.6 Å². The molecule has 0 saturated heterocycles. The van der Waals surface area contributed by atoms with Crippen LogP contribution in [0.4, 0.5) is 0 Å². The van der Waals surface area contributed by atoms with Crippen molar-refractivity contribution in [2.45, 2.75) is 245 Å². The van der Waals surface area contributed by atoms with Gasteiger partial charge in [0.05, 0.1) is 0 Å². The molecular weight excluding hydrogens is 733 g/mol. The first-order valence-electron chi connectivity index (χ1n) is 24.8. The summed E-state index contributed by atoms with van der Waals surface area (Å²) in [5.41, 5.74) is 0. The van der Waals surface area contributed by atoms with E-state index in [2.05, 4.69) is 81.5 Å². The molecule has 0 aliphatic carbocycles. The zero-order valence-electron chi connectivity index (χ0n) is 38.8. The van der Waals surface area contributed by atoms with Crippen molar-refractivity contribution in [1.29, 1.82) is 0 Å². The van der Waals surface area contributed by atoms with Crippen LogP contribution < -0.4 is 0 Å². The third-order valence-corrected chi connectivity index (χ3v) is 10.5. The standard InChI is InChI=1S/C53H92O6/c1-4-7-10-13-16-18-20-21-22-23-24-25-26-27-28-29-30-31-32-33-34-36-37-40-43-46-52(55)58-49-50(48-57-51(54)45-42-39-15-12-9-6-3)59-53(56)47-44-41-38-35-19-17-14-11-8-5-2/h7,10-11,14,16,18,21-22,24-25,50H,4-6,8-9,12-13,15,17,19-20,23,26-49H2,1-3H3/b10-7-,14-11-,18-16-,22-21-,25-24-. The normalized spacial score (nSPS) is 12.5. The second kappa shape index (κ2) is 47.8. The summed E-state index contributed by atoms with van der Waals surface area (Å²) in [5.74, 6) is -0.900. The summed E-state index contributed by atoms with van der Waals surface area (Å²) in [6, 6.07) is 0. The van der Waals surface area contributed by atoms with Gasteiger partial charge in [0.25, 0.3) is 0 Å². The van der Waals surface area contributed by atoms with Gasteiger partial charge in [-0.05, 0) is 77.0 Å². The topological polar surface area (TPSA) is 78.9 Å². The molecule has 0 aliphatic heterocycles. The van der Waals surface area contributed by atoms with Gasteiger partial charge in [-0.3, -0.25) is 14.4 Å². The van der Waals surface area contributed by atoms with Crippen LogP contribution in [0.3, 0.4) is 0 Å². The Kier molecular flexibility index (Phi) is 45.4. The first-order valence-corrected chi connectivity index (χ1v) is 24.8. The smallest absolute Gasteiger partial charge is 0.306 e. The lowest BCUT2D eigenvalue weighted by molar-refractivity contribution is -0.167. The molecule has 0 heterocycles. The number of carbonyl (C=O) groups is 3. The number of ether oxygens (including phenoxy) is 3. The van der Waals surface area contributed by atoms with Crippen molar-refractivity contribution in [2.24, 2.45) is 0 Å². The van der Waals surface area contributed by atoms with Crippen molar-refractivity contribution >= 4 is 17.9 Å². The highest BCUT2D eigenvalue weighted by Gasteiger charge is 2.19. The maximum atomic E-state index is 12.7. The maximum absolute atomic E-state index is 12.7. The fourth-order valence-corrected chi connectivity index (χ4v) is 6.79. The second-order valence-corrected chi connectivity index (χ2v) is 16.3. The number of esters is 3. The molecule has 6 nitrogen and oxygen atoms in total. The molecule has 0 fully saturated rings. The molecule has 1 unspecified atom stereocenters. The third kappa shape index (κ3) is 46.0. The molecule has 0 N–H and O–H groups in total. The zero-order chi connectivity index (χ0) is 43.0. The minimum Gasteiger partial charge on any atom is -0.462 e. The fraction of sp³-hybridized carbons (Fsp3) is 0.755. The second-order valence-electron chi connectivity index (χ2n) is 16.3. The van der Waals surface area contributed by atoms with Gasteiger partial charge in [-0.2, -0.15) is 0 Å². The van der Waals surface area contributed by atoms with E-state index < -0.39 is 6.10 Å². The molecule has 0 amide bonds. The predicted octanol–water partition coefficient (Wildman–Crippen LogP) is 16.1. The zero-order valence-corrected chi connectivity index (χ0v) is 38.8. The van der Waals surface area contributed by atoms with Gasteiger partial charge in [-0.1, -0.05) is 204 Å². The van der Waals surface area contributed by atoms with Crippen LogP contribution in [0.15, 0.2) is 60.8 Å². The molecule has 0 radical (unpaired) electrons. The van der Waals surface area contributed by atoms with Gasteiger partial charge < -0.3 is 14.2 Å². The van der Waals surface area contributed by atoms with E-state index >= 15 is 0 Å². The van der Waals surface area contributed by atoms with E-state index in [-0.39, 0.29) is 31.1 Å². The van der Waals surface area contributed by atoms with Crippen molar-refractivity contribution in [3.8, 4) is 0 Å². The first-order chi connectivity index (χ1) is 29.0. The van der Waals surface area contributed by atoms with E-state index in [1.807, 2.05) is 0 Å². The Morgan fingerprint density at radius 2 is 0.695 bits per heavy atom. The van der Waals surface area contributed by atoms with Crippen LogP contribution in [-0.2, 0) is 28.6 Å². The lowest BCUT2D eigenvalue weighted by Gasteiger charge is -2.18. The lowest BCUT2D eigenvalue weighted by atomic mass is 10.0. The van der Waals surface area contributed by atoms with E-state index in [9.17, 15) is 14.4 Å². The Morgan fingerprint density at radius 3 is 1.12 bits per heavy atom. The van der Waals surface area contributed by atoms with Crippen LogP contribution in [0.25, 0.3) is 0 Å². The fourth-order valence-electron chi connectivity index (χ4n) is 6.79. The number of unbranched alkanes of at least 4 members (excludes halogenated alkanes) is 23. The molecule has 0 bridgehead atoms. The van der Waals surface area contributed by atoms with E-state index in [0.717, 1.165) is 103 Å². The Balaban J connectivity index is 4.07. The molecule has 59 heavy (non-hydrogen) atoms. The summed E-state index contributed by atoms with van der Waals surface area (Å²) in [6.07, 6.45) is 58.1. The Labute approximate surface area is 364 Å². The Bertz CT molecular complexity index is 1090. The van der Waals surface area contributed by atoms with Gasteiger partial charge >= 0.3 is 17.9 Å². The number of hydrogen-bond donors (Lipinski definition) is 0. The van der Waals surface area contributed by atoms with Crippen LogP contribution in [-0.4, -0.2) is 37.2 Å². The molecule has 0 saturated carbocycles.